The Morgan fingerprint density at radius 1 is 1.40 bits per heavy atom. The van der Waals surface area contributed by atoms with Crippen molar-refractivity contribution >= 4 is 22.9 Å². The fourth-order valence-corrected chi connectivity index (χ4v) is 2.80. The third-order valence-corrected chi connectivity index (χ3v) is 4.11. The number of carbonyl (C=O) groups is 2. The van der Waals surface area contributed by atoms with Crippen molar-refractivity contribution in [1.29, 1.82) is 0 Å². The molecule has 1 aliphatic heterocycles. The van der Waals surface area contributed by atoms with E-state index in [0.29, 0.717) is 36.2 Å². The molecule has 1 aromatic carbocycles. The number of alkyl carbamates (subject to hydrolysis) is 1. The normalized spacial score (nSPS) is 16.5. The number of benzene rings is 1. The maximum atomic E-state index is 12.5. The fourth-order valence-electron chi connectivity index (χ4n) is 2.80. The highest BCUT2D eigenvalue weighted by Gasteiger charge is 2.22. The van der Waals surface area contributed by atoms with E-state index in [0.717, 1.165) is 0 Å². The lowest BCUT2D eigenvalue weighted by Crippen LogP contribution is -2.34. The smallest absolute Gasteiger partial charge is 0.407 e. The number of para-hydroxylation sites is 1. The number of hydrogen-bond donors (Lipinski definition) is 2. The van der Waals surface area contributed by atoms with Crippen LogP contribution in [-0.4, -0.2) is 40.7 Å². The van der Waals surface area contributed by atoms with Crippen LogP contribution in [0.15, 0.2) is 29.1 Å². The number of hydrogen-bond acceptors (Lipinski definition) is 5. The van der Waals surface area contributed by atoms with Gasteiger partial charge in [-0.15, -0.1) is 0 Å². The summed E-state index contributed by atoms with van der Waals surface area (Å²) in [6, 6.07) is 7.22. The highest BCUT2D eigenvalue weighted by molar-refractivity contribution is 5.77. The topological polar surface area (TPSA) is 102 Å². The number of fused-ring (bicyclic) bond motifs is 1. The number of nitrogens with zero attached hydrogens (tertiary/aromatic N) is 2. The maximum absolute atomic E-state index is 12.5. The Morgan fingerprint density at radius 2 is 2.20 bits per heavy atom. The van der Waals surface area contributed by atoms with Gasteiger partial charge in [-0.3, -0.25) is 14.2 Å². The number of aryl methyl sites for hydroxylation is 1. The van der Waals surface area contributed by atoms with Crippen molar-refractivity contribution in [2.75, 3.05) is 13.1 Å². The molecule has 0 bridgehead atoms. The van der Waals surface area contributed by atoms with E-state index in [1.165, 1.54) is 0 Å². The molecule has 25 heavy (non-hydrogen) atoms. The van der Waals surface area contributed by atoms with Gasteiger partial charge in [0.2, 0.25) is 5.91 Å². The highest BCUT2D eigenvalue weighted by atomic mass is 16.6. The molecule has 0 spiro atoms. The second kappa shape index (κ2) is 7.33. The number of ether oxygens (including phenoxy) is 1. The van der Waals surface area contributed by atoms with Crippen LogP contribution in [0.25, 0.3) is 10.9 Å². The summed E-state index contributed by atoms with van der Waals surface area (Å²) in [5, 5.41) is 5.84. The Morgan fingerprint density at radius 3 is 2.96 bits per heavy atom. The van der Waals surface area contributed by atoms with Crippen LogP contribution in [0.4, 0.5) is 4.79 Å². The van der Waals surface area contributed by atoms with Crippen LogP contribution in [0.3, 0.4) is 0 Å². The third-order valence-electron chi connectivity index (χ3n) is 4.11. The first-order chi connectivity index (χ1) is 12.0. The average Bonchev–Trinajstić information content (AvgIpc) is 3.01. The van der Waals surface area contributed by atoms with Crippen LogP contribution in [0.1, 0.15) is 18.7 Å². The molecule has 8 heteroatoms. The number of carbonyl (C=O) groups excluding carboxylic acids is 2. The van der Waals surface area contributed by atoms with Gasteiger partial charge in [0.15, 0.2) is 0 Å². The molecular formula is C17H20N4O4. The summed E-state index contributed by atoms with van der Waals surface area (Å²) in [4.78, 5) is 39.7. The zero-order valence-corrected chi connectivity index (χ0v) is 13.9. The van der Waals surface area contributed by atoms with Crippen molar-refractivity contribution in [3.63, 3.8) is 0 Å². The predicted octanol–water partition coefficient (Wildman–Crippen LogP) is 0.710. The van der Waals surface area contributed by atoms with Gasteiger partial charge in [-0.05, 0) is 25.5 Å². The van der Waals surface area contributed by atoms with Crippen molar-refractivity contribution in [2.24, 2.45) is 0 Å². The number of amides is 2. The molecule has 1 atom stereocenters. The Bertz CT molecular complexity index is 861. The van der Waals surface area contributed by atoms with Gasteiger partial charge in [-0.1, -0.05) is 12.1 Å². The minimum atomic E-state index is -0.460. The summed E-state index contributed by atoms with van der Waals surface area (Å²) < 4.78 is 6.53. The van der Waals surface area contributed by atoms with Crippen LogP contribution < -0.4 is 16.2 Å². The van der Waals surface area contributed by atoms with Gasteiger partial charge in [0.25, 0.3) is 5.56 Å². The van der Waals surface area contributed by atoms with E-state index in [4.69, 9.17) is 4.74 Å². The Labute approximate surface area is 144 Å². The van der Waals surface area contributed by atoms with Gasteiger partial charge in [-0.25, -0.2) is 9.78 Å². The Kier molecular flexibility index (Phi) is 4.97. The molecule has 2 N–H and O–H groups in total. The van der Waals surface area contributed by atoms with Crippen molar-refractivity contribution in [3.05, 3.63) is 40.4 Å². The summed E-state index contributed by atoms with van der Waals surface area (Å²) in [6.07, 6.45) is 0.0196. The van der Waals surface area contributed by atoms with Crippen molar-refractivity contribution in [2.45, 2.75) is 32.4 Å². The number of cyclic esters (lactones) is 1. The molecule has 2 amide bonds. The average molecular weight is 344 g/mol. The molecule has 1 fully saturated rings. The van der Waals surface area contributed by atoms with Gasteiger partial charge in [0, 0.05) is 13.0 Å². The van der Waals surface area contributed by atoms with E-state index >= 15 is 0 Å². The van der Waals surface area contributed by atoms with E-state index in [-0.39, 0.29) is 30.5 Å². The second-order valence-corrected chi connectivity index (χ2v) is 5.95. The van der Waals surface area contributed by atoms with Gasteiger partial charge >= 0.3 is 6.09 Å². The lowest BCUT2D eigenvalue weighted by atomic mass is 10.2. The maximum Gasteiger partial charge on any atom is 0.407 e. The summed E-state index contributed by atoms with van der Waals surface area (Å²) in [7, 11) is 0. The van der Waals surface area contributed by atoms with Crippen LogP contribution in [0, 0.1) is 6.92 Å². The number of aromatic nitrogens is 2. The lowest BCUT2D eigenvalue weighted by molar-refractivity contribution is -0.121. The van der Waals surface area contributed by atoms with Gasteiger partial charge in [0.1, 0.15) is 11.9 Å². The molecule has 8 nitrogen and oxygen atoms in total. The predicted molar refractivity (Wildman–Crippen MR) is 91.3 cm³/mol. The molecule has 132 valence electrons. The lowest BCUT2D eigenvalue weighted by Gasteiger charge is -2.11. The minimum absolute atomic E-state index is 0.0903. The van der Waals surface area contributed by atoms with E-state index in [1.54, 1.807) is 17.6 Å². The standard InChI is InChI=1S/C17H20N4O4/c1-11-20-14-6-3-2-5-13(14)16(23)21(11)8-4-7-15(22)18-9-12-10-19-17(24)25-12/h2-3,5-6,12H,4,7-10H2,1H3,(H,18,22)(H,19,24)/t12-/m1/s1. The summed E-state index contributed by atoms with van der Waals surface area (Å²) >= 11 is 0. The number of nitrogens with one attached hydrogen (secondary N) is 2. The summed E-state index contributed by atoms with van der Waals surface area (Å²) in [5.41, 5.74) is 0.589. The summed E-state index contributed by atoms with van der Waals surface area (Å²) in [6.45, 7) is 2.90. The van der Waals surface area contributed by atoms with E-state index in [1.807, 2.05) is 18.2 Å². The molecule has 0 unspecified atom stereocenters. The zero-order valence-electron chi connectivity index (χ0n) is 13.9. The van der Waals surface area contributed by atoms with E-state index < -0.39 is 6.09 Å². The van der Waals surface area contributed by atoms with E-state index in [2.05, 4.69) is 15.6 Å². The molecule has 0 saturated carbocycles. The van der Waals surface area contributed by atoms with Crippen molar-refractivity contribution < 1.29 is 14.3 Å². The third kappa shape index (κ3) is 3.96. The van der Waals surface area contributed by atoms with Crippen molar-refractivity contribution in [1.82, 2.24) is 20.2 Å². The molecule has 0 aliphatic carbocycles. The molecule has 1 aliphatic rings. The van der Waals surface area contributed by atoms with Gasteiger partial charge < -0.3 is 15.4 Å². The molecule has 2 aromatic rings. The molecule has 1 saturated heterocycles. The molecular weight excluding hydrogens is 324 g/mol. The molecule has 2 heterocycles. The van der Waals surface area contributed by atoms with Gasteiger partial charge in [-0.2, -0.15) is 0 Å². The zero-order chi connectivity index (χ0) is 17.8. The molecule has 0 radical (unpaired) electrons. The highest BCUT2D eigenvalue weighted by Crippen LogP contribution is 2.08. The molecule has 1 aromatic heterocycles. The van der Waals surface area contributed by atoms with Crippen LogP contribution >= 0.6 is 0 Å². The number of rotatable bonds is 6. The van der Waals surface area contributed by atoms with Crippen LogP contribution in [0.5, 0.6) is 0 Å². The van der Waals surface area contributed by atoms with E-state index in [9.17, 15) is 14.4 Å². The first-order valence-electron chi connectivity index (χ1n) is 8.22. The largest absolute Gasteiger partial charge is 0.442 e. The van der Waals surface area contributed by atoms with Gasteiger partial charge in [0.05, 0.1) is 24.0 Å². The van der Waals surface area contributed by atoms with Crippen LogP contribution in [-0.2, 0) is 16.1 Å². The quantitative estimate of drug-likeness (QED) is 0.803. The van der Waals surface area contributed by atoms with Crippen LogP contribution in [0.2, 0.25) is 0 Å². The Balaban J connectivity index is 1.53. The van der Waals surface area contributed by atoms with Crippen molar-refractivity contribution in [3.8, 4) is 0 Å². The first-order valence-corrected chi connectivity index (χ1v) is 8.22. The summed E-state index contributed by atoms with van der Waals surface area (Å²) in [5.74, 6) is 0.496. The first kappa shape index (κ1) is 16.9. The minimum Gasteiger partial charge on any atom is -0.442 e. The monoisotopic (exact) mass is 344 g/mol. The SMILES string of the molecule is Cc1nc2ccccc2c(=O)n1CCCC(=O)NC[C@@H]1CNC(=O)O1. The fraction of sp³-hybridized carbons (Fsp3) is 0.412. The Hall–Kier alpha value is -2.90. The molecule has 3 rings (SSSR count). The second-order valence-electron chi connectivity index (χ2n) is 5.95.